The number of amidine groups is 1. The van der Waals surface area contributed by atoms with E-state index in [9.17, 15) is 18.0 Å². The van der Waals surface area contributed by atoms with E-state index in [2.05, 4.69) is 10.0 Å². The number of nitrogens with one attached hydrogen (secondary N) is 3. The van der Waals surface area contributed by atoms with Crippen molar-refractivity contribution in [1.29, 1.82) is 5.41 Å². The fourth-order valence-corrected chi connectivity index (χ4v) is 5.55. The molecule has 11 nitrogen and oxygen atoms in total. The molecule has 0 radical (unpaired) electrons. The van der Waals surface area contributed by atoms with Crippen LogP contribution in [0.3, 0.4) is 0 Å². The number of aryl methyl sites for hydroxylation is 1. The van der Waals surface area contributed by atoms with Gasteiger partial charge in [-0.15, -0.1) is 0 Å². The molecule has 2 aromatic rings. The number of sulfonamides is 1. The summed E-state index contributed by atoms with van der Waals surface area (Å²) in [4.78, 5) is 31.1. The van der Waals surface area contributed by atoms with Gasteiger partial charge >= 0.3 is 5.97 Å². The van der Waals surface area contributed by atoms with E-state index in [0.29, 0.717) is 12.0 Å². The Balaban J connectivity index is 1.63. The average molecular weight is 546 g/mol. The second-order valence-electron chi connectivity index (χ2n) is 9.49. The van der Waals surface area contributed by atoms with Crippen LogP contribution in [-0.2, 0) is 29.2 Å². The summed E-state index contributed by atoms with van der Waals surface area (Å²) in [5, 5.41) is 12.0. The molecular formula is C26H35N5O6S. The first kappa shape index (κ1) is 29.2. The van der Waals surface area contributed by atoms with Crippen LogP contribution in [0.25, 0.3) is 0 Å². The number of methoxy groups -OCH3 is 1. The third kappa shape index (κ3) is 7.38. The lowest BCUT2D eigenvalue weighted by molar-refractivity contribution is -0.185. The number of benzene rings is 2. The van der Waals surface area contributed by atoms with Gasteiger partial charge in [0, 0.05) is 18.2 Å². The molecule has 12 heteroatoms. The van der Waals surface area contributed by atoms with E-state index in [1.165, 1.54) is 12.1 Å². The summed E-state index contributed by atoms with van der Waals surface area (Å²) < 4.78 is 32.6. The van der Waals surface area contributed by atoms with Gasteiger partial charge < -0.3 is 15.8 Å². The van der Waals surface area contributed by atoms with Crippen molar-refractivity contribution in [2.24, 2.45) is 5.73 Å². The number of carbonyl (C=O) groups excluding carboxylic acids is 2. The fourth-order valence-electron chi connectivity index (χ4n) is 4.26. The van der Waals surface area contributed by atoms with Crippen molar-refractivity contribution in [1.82, 2.24) is 15.1 Å². The molecule has 1 saturated heterocycles. The first-order valence-electron chi connectivity index (χ1n) is 12.2. The highest BCUT2D eigenvalue weighted by atomic mass is 32.2. The Morgan fingerprint density at radius 3 is 2.47 bits per heavy atom. The Kier molecular flexibility index (Phi) is 9.60. The molecule has 1 amide bonds. The van der Waals surface area contributed by atoms with Crippen LogP contribution in [0.2, 0.25) is 0 Å². The van der Waals surface area contributed by atoms with E-state index < -0.39 is 34.0 Å². The molecule has 0 aromatic heterocycles. The third-order valence-corrected chi connectivity index (χ3v) is 7.65. The maximum absolute atomic E-state index is 12.8. The average Bonchev–Trinajstić information content (AvgIpc) is 3.30. The van der Waals surface area contributed by atoms with Gasteiger partial charge in [-0.2, -0.15) is 9.79 Å². The van der Waals surface area contributed by atoms with Gasteiger partial charge in [0.1, 0.15) is 11.9 Å². The van der Waals surface area contributed by atoms with Crippen molar-refractivity contribution in [3.63, 3.8) is 0 Å². The number of hydrogen-bond acceptors (Lipinski definition) is 8. The van der Waals surface area contributed by atoms with Gasteiger partial charge in [0.15, 0.2) is 0 Å². The van der Waals surface area contributed by atoms with Crippen LogP contribution >= 0.6 is 0 Å². The molecule has 1 heterocycles. The zero-order valence-corrected chi connectivity index (χ0v) is 22.7. The molecular weight excluding hydrogens is 510 g/mol. The van der Waals surface area contributed by atoms with Gasteiger partial charge in [0.05, 0.1) is 30.6 Å². The summed E-state index contributed by atoms with van der Waals surface area (Å²) in [5.41, 5.74) is 7.90. The van der Waals surface area contributed by atoms with Gasteiger partial charge in [-0.25, -0.2) is 8.42 Å². The molecule has 3 atom stereocenters. The lowest BCUT2D eigenvalue weighted by atomic mass is 9.98. The number of nitrogens with two attached hydrogens (primary N) is 1. The van der Waals surface area contributed by atoms with Gasteiger partial charge in [-0.3, -0.25) is 19.8 Å². The van der Waals surface area contributed by atoms with Gasteiger partial charge in [0.25, 0.3) is 0 Å². The predicted molar refractivity (Wildman–Crippen MR) is 142 cm³/mol. The number of amides is 1. The standard InChI is InChI=1S/C26H35N5O6S/c1-16(2)31-23(18-8-10-19(11-9-18)25(27)28)13-20(37-31)14-24(32)29-15-22(26(33)36-4)30-38(34,35)21-7-5-6-17(3)12-21/h5-12,16,20,22-23,30H,13-15H2,1-4H3,(H3,27,28)(H,29,32)/t20-,22-,23+/m0/s1. The van der Waals surface area contributed by atoms with E-state index >= 15 is 0 Å². The summed E-state index contributed by atoms with van der Waals surface area (Å²) in [7, 11) is -2.88. The molecule has 0 aliphatic carbocycles. The molecule has 0 bridgehead atoms. The molecule has 0 unspecified atom stereocenters. The Labute approximate surface area is 223 Å². The predicted octanol–water partition coefficient (Wildman–Crippen LogP) is 1.76. The third-order valence-electron chi connectivity index (χ3n) is 6.18. The van der Waals surface area contributed by atoms with Gasteiger partial charge in [0.2, 0.25) is 15.9 Å². The summed E-state index contributed by atoms with van der Waals surface area (Å²) in [6, 6.07) is 12.2. The van der Waals surface area contributed by atoms with Crippen LogP contribution in [-0.4, -0.2) is 63.0 Å². The highest BCUT2D eigenvalue weighted by molar-refractivity contribution is 7.89. The SMILES string of the molecule is COC(=O)[C@H](CNC(=O)C[C@@H]1C[C@H](c2ccc(C(=N)N)cc2)N(C(C)C)O1)NS(=O)(=O)c1cccc(C)c1. The number of esters is 1. The highest BCUT2D eigenvalue weighted by Gasteiger charge is 2.37. The number of rotatable bonds is 11. The van der Waals surface area contributed by atoms with E-state index in [4.69, 9.17) is 20.7 Å². The second-order valence-corrected chi connectivity index (χ2v) is 11.2. The van der Waals surface area contributed by atoms with Crippen molar-refractivity contribution < 1.29 is 27.6 Å². The van der Waals surface area contributed by atoms with Crippen molar-refractivity contribution in [3.05, 3.63) is 65.2 Å². The van der Waals surface area contributed by atoms with Crippen LogP contribution in [0.15, 0.2) is 53.4 Å². The largest absolute Gasteiger partial charge is 0.468 e. The lowest BCUT2D eigenvalue weighted by Crippen LogP contribution is -2.49. The normalized spacial score (nSPS) is 18.8. The molecule has 1 aliphatic rings. The summed E-state index contributed by atoms with van der Waals surface area (Å²) in [6.07, 6.45) is 0.144. The Morgan fingerprint density at radius 2 is 1.89 bits per heavy atom. The Morgan fingerprint density at radius 1 is 1.21 bits per heavy atom. The van der Waals surface area contributed by atoms with Crippen LogP contribution in [0, 0.1) is 12.3 Å². The van der Waals surface area contributed by atoms with Crippen molar-refractivity contribution in [3.8, 4) is 0 Å². The van der Waals surface area contributed by atoms with Crippen LogP contribution < -0.4 is 15.8 Å². The maximum Gasteiger partial charge on any atom is 0.325 e. The number of ether oxygens (including phenoxy) is 1. The smallest absolute Gasteiger partial charge is 0.325 e. The number of nitrogen functional groups attached to an aromatic ring is 1. The molecule has 206 valence electrons. The molecule has 5 N–H and O–H groups in total. The fraction of sp³-hybridized carbons (Fsp3) is 0.423. The highest BCUT2D eigenvalue weighted by Crippen LogP contribution is 2.36. The molecule has 2 aromatic carbocycles. The van der Waals surface area contributed by atoms with Crippen LogP contribution in [0.4, 0.5) is 0 Å². The Bertz CT molecular complexity index is 1270. The molecule has 1 aliphatic heterocycles. The Hall–Kier alpha value is -3.32. The number of nitrogens with zero attached hydrogens (tertiary/aromatic N) is 1. The van der Waals surface area contributed by atoms with Gasteiger partial charge in [-0.05, 0) is 50.5 Å². The van der Waals surface area contributed by atoms with Gasteiger partial charge in [-0.1, -0.05) is 36.4 Å². The number of hydrogen-bond donors (Lipinski definition) is 4. The maximum atomic E-state index is 12.8. The van der Waals surface area contributed by atoms with E-state index in [1.54, 1.807) is 31.2 Å². The van der Waals surface area contributed by atoms with Crippen LogP contribution in [0.1, 0.15) is 49.4 Å². The van der Waals surface area contributed by atoms with Crippen molar-refractivity contribution in [2.75, 3.05) is 13.7 Å². The van der Waals surface area contributed by atoms with Crippen molar-refractivity contribution >= 4 is 27.7 Å². The zero-order chi connectivity index (χ0) is 28.0. The minimum absolute atomic E-state index is 0.00763. The second kappa shape index (κ2) is 12.5. The van der Waals surface area contributed by atoms with E-state index in [1.807, 2.05) is 31.0 Å². The van der Waals surface area contributed by atoms with E-state index in [-0.39, 0.29) is 35.8 Å². The number of carbonyl (C=O) groups is 2. The first-order valence-corrected chi connectivity index (χ1v) is 13.7. The van der Waals surface area contributed by atoms with Crippen LogP contribution in [0.5, 0.6) is 0 Å². The molecule has 0 saturated carbocycles. The molecule has 0 spiro atoms. The molecule has 1 fully saturated rings. The quantitative estimate of drug-likeness (QED) is 0.188. The topological polar surface area (TPSA) is 164 Å². The number of hydroxylamine groups is 2. The van der Waals surface area contributed by atoms with E-state index in [0.717, 1.165) is 18.2 Å². The summed E-state index contributed by atoms with van der Waals surface area (Å²) in [6.45, 7) is 5.45. The molecule has 3 rings (SSSR count). The minimum Gasteiger partial charge on any atom is -0.468 e. The molecule has 38 heavy (non-hydrogen) atoms. The zero-order valence-electron chi connectivity index (χ0n) is 21.9. The lowest BCUT2D eigenvalue weighted by Gasteiger charge is -2.26. The minimum atomic E-state index is -4.03. The summed E-state index contributed by atoms with van der Waals surface area (Å²) in [5.74, 6) is -1.23. The monoisotopic (exact) mass is 545 g/mol. The first-order chi connectivity index (χ1) is 17.9. The van der Waals surface area contributed by atoms with Crippen molar-refractivity contribution in [2.45, 2.75) is 62.7 Å². The summed E-state index contributed by atoms with van der Waals surface area (Å²) >= 11 is 0.